The highest BCUT2D eigenvalue weighted by Gasteiger charge is 2.27. The normalized spacial score (nSPS) is 22.3. The van der Waals surface area contributed by atoms with Crippen molar-refractivity contribution in [2.24, 2.45) is 5.41 Å². The number of piperidine rings is 1. The average Bonchev–Trinajstić information content (AvgIpc) is 2.88. The monoisotopic (exact) mass is 290 g/mol. The van der Waals surface area contributed by atoms with Gasteiger partial charge in [0.15, 0.2) is 5.58 Å². The molecule has 21 heavy (non-hydrogen) atoms. The molecule has 1 aliphatic rings. The summed E-state index contributed by atoms with van der Waals surface area (Å²) < 4.78 is 5.57. The second-order valence-electron chi connectivity index (χ2n) is 5.87. The Bertz CT molecular complexity index is 661. The number of rotatable bonds is 4. The molecule has 2 aromatic rings. The van der Waals surface area contributed by atoms with Gasteiger partial charge in [-0.05, 0) is 30.9 Å². The van der Waals surface area contributed by atoms with Crippen molar-refractivity contribution in [2.45, 2.75) is 19.8 Å². The first-order chi connectivity index (χ1) is 10.1. The molecule has 7 nitrogen and oxygen atoms in total. The highest BCUT2D eigenvalue weighted by Crippen LogP contribution is 2.27. The first-order valence-electron chi connectivity index (χ1n) is 7.05. The Labute approximate surface area is 121 Å². The maximum Gasteiger partial charge on any atom is 0.295 e. The number of aromatic nitrogens is 1. The fourth-order valence-electron chi connectivity index (χ4n) is 2.66. The van der Waals surface area contributed by atoms with E-state index < -0.39 is 4.92 Å². The molecule has 1 aromatic carbocycles. The average molecular weight is 290 g/mol. The van der Waals surface area contributed by atoms with Gasteiger partial charge in [0.1, 0.15) is 5.52 Å². The first kappa shape index (κ1) is 13.8. The molecule has 3 rings (SSSR count). The lowest BCUT2D eigenvalue weighted by Gasteiger charge is -2.33. The van der Waals surface area contributed by atoms with Crippen molar-refractivity contribution in [3.8, 4) is 0 Å². The van der Waals surface area contributed by atoms with Crippen molar-refractivity contribution < 1.29 is 9.34 Å². The van der Waals surface area contributed by atoms with Crippen LogP contribution in [0.25, 0.3) is 11.1 Å². The molecule has 2 heterocycles. The zero-order valence-corrected chi connectivity index (χ0v) is 11.9. The van der Waals surface area contributed by atoms with E-state index >= 15 is 0 Å². The lowest BCUT2D eigenvalue weighted by Crippen LogP contribution is -2.42. The SMILES string of the molecule is CC1(CNc2nc3cc([N+](=O)[O-])ccc3o2)CCCNC1. The van der Waals surface area contributed by atoms with E-state index in [1.165, 1.54) is 12.1 Å². The summed E-state index contributed by atoms with van der Waals surface area (Å²) in [6, 6.07) is 4.84. The van der Waals surface area contributed by atoms with Crippen LogP contribution < -0.4 is 10.6 Å². The molecule has 0 bridgehead atoms. The minimum atomic E-state index is -0.435. The number of oxazole rings is 1. The topological polar surface area (TPSA) is 93.2 Å². The number of nitro benzene ring substituents is 1. The molecule has 1 fully saturated rings. The van der Waals surface area contributed by atoms with E-state index in [1.54, 1.807) is 6.07 Å². The van der Waals surface area contributed by atoms with Crippen LogP contribution in [0.2, 0.25) is 0 Å². The first-order valence-corrected chi connectivity index (χ1v) is 7.05. The maximum atomic E-state index is 10.8. The van der Waals surface area contributed by atoms with Crippen molar-refractivity contribution in [3.05, 3.63) is 28.3 Å². The molecular weight excluding hydrogens is 272 g/mol. The van der Waals surface area contributed by atoms with Gasteiger partial charge in [0.25, 0.3) is 11.7 Å². The van der Waals surface area contributed by atoms with E-state index in [-0.39, 0.29) is 11.1 Å². The summed E-state index contributed by atoms with van der Waals surface area (Å²) in [5.41, 5.74) is 1.24. The highest BCUT2D eigenvalue weighted by molar-refractivity contribution is 5.77. The summed E-state index contributed by atoms with van der Waals surface area (Å²) in [7, 11) is 0. The highest BCUT2D eigenvalue weighted by atomic mass is 16.6. The maximum absolute atomic E-state index is 10.8. The number of nitrogens with zero attached hydrogens (tertiary/aromatic N) is 2. The fourth-order valence-corrected chi connectivity index (χ4v) is 2.66. The third-order valence-corrected chi connectivity index (χ3v) is 3.93. The number of hydrogen-bond donors (Lipinski definition) is 2. The Morgan fingerprint density at radius 3 is 3.14 bits per heavy atom. The van der Waals surface area contributed by atoms with Crippen LogP contribution in [0.5, 0.6) is 0 Å². The van der Waals surface area contributed by atoms with Gasteiger partial charge in [-0.25, -0.2) is 0 Å². The van der Waals surface area contributed by atoms with Gasteiger partial charge in [0.05, 0.1) is 4.92 Å². The standard InChI is InChI=1S/C14H18N4O3/c1-14(5-2-6-15-8-14)9-16-13-17-11-7-10(18(19)20)3-4-12(11)21-13/h3-4,7,15H,2,5-6,8-9H2,1H3,(H,16,17). The second kappa shape index (κ2) is 5.33. The summed E-state index contributed by atoms with van der Waals surface area (Å²) >= 11 is 0. The van der Waals surface area contributed by atoms with E-state index in [1.807, 2.05) is 0 Å². The summed E-state index contributed by atoms with van der Waals surface area (Å²) in [4.78, 5) is 14.6. The molecule has 0 aliphatic carbocycles. The molecule has 7 heteroatoms. The Morgan fingerprint density at radius 1 is 1.57 bits per heavy atom. The van der Waals surface area contributed by atoms with Crippen molar-refractivity contribution in [3.63, 3.8) is 0 Å². The van der Waals surface area contributed by atoms with Gasteiger partial charge in [0, 0.05) is 25.2 Å². The third-order valence-electron chi connectivity index (χ3n) is 3.93. The Morgan fingerprint density at radius 2 is 2.43 bits per heavy atom. The van der Waals surface area contributed by atoms with Crippen molar-refractivity contribution in [2.75, 3.05) is 25.0 Å². The number of benzene rings is 1. The molecule has 112 valence electrons. The van der Waals surface area contributed by atoms with E-state index in [2.05, 4.69) is 22.5 Å². The quantitative estimate of drug-likeness (QED) is 0.664. The van der Waals surface area contributed by atoms with E-state index in [0.717, 1.165) is 32.5 Å². The van der Waals surface area contributed by atoms with Crippen LogP contribution in [0, 0.1) is 15.5 Å². The van der Waals surface area contributed by atoms with Crippen molar-refractivity contribution >= 4 is 22.8 Å². The predicted molar refractivity (Wildman–Crippen MR) is 79.4 cm³/mol. The van der Waals surface area contributed by atoms with Crippen LogP contribution >= 0.6 is 0 Å². The lowest BCUT2D eigenvalue weighted by molar-refractivity contribution is -0.384. The van der Waals surface area contributed by atoms with Crippen LogP contribution in [0.4, 0.5) is 11.7 Å². The summed E-state index contributed by atoms with van der Waals surface area (Å²) in [5, 5.41) is 17.3. The largest absolute Gasteiger partial charge is 0.424 e. The molecule has 1 aromatic heterocycles. The molecule has 0 amide bonds. The smallest absolute Gasteiger partial charge is 0.295 e. The van der Waals surface area contributed by atoms with Crippen LogP contribution in [-0.2, 0) is 0 Å². The zero-order chi connectivity index (χ0) is 14.9. The number of nitrogens with one attached hydrogen (secondary N) is 2. The fraction of sp³-hybridized carbons (Fsp3) is 0.500. The van der Waals surface area contributed by atoms with E-state index in [9.17, 15) is 10.1 Å². The summed E-state index contributed by atoms with van der Waals surface area (Å²) in [6.45, 7) is 5.02. The third kappa shape index (κ3) is 2.97. The van der Waals surface area contributed by atoms with E-state index in [4.69, 9.17) is 4.42 Å². The number of hydrogen-bond acceptors (Lipinski definition) is 6. The van der Waals surface area contributed by atoms with Crippen LogP contribution in [0.15, 0.2) is 22.6 Å². The number of nitro groups is 1. The molecule has 2 N–H and O–H groups in total. The Balaban J connectivity index is 1.73. The van der Waals surface area contributed by atoms with Crippen LogP contribution in [0.1, 0.15) is 19.8 Å². The molecule has 1 saturated heterocycles. The molecule has 1 atom stereocenters. The van der Waals surface area contributed by atoms with Crippen LogP contribution in [-0.4, -0.2) is 29.5 Å². The molecule has 1 aliphatic heterocycles. The predicted octanol–water partition coefficient (Wildman–Crippen LogP) is 2.54. The Hall–Kier alpha value is -2.15. The van der Waals surface area contributed by atoms with Gasteiger partial charge in [-0.1, -0.05) is 6.92 Å². The van der Waals surface area contributed by atoms with Crippen molar-refractivity contribution in [1.82, 2.24) is 10.3 Å². The molecular formula is C14H18N4O3. The van der Waals surface area contributed by atoms with Crippen LogP contribution in [0.3, 0.4) is 0 Å². The summed E-state index contributed by atoms with van der Waals surface area (Å²) in [6.07, 6.45) is 2.32. The van der Waals surface area contributed by atoms with E-state index in [0.29, 0.717) is 17.1 Å². The molecule has 1 unspecified atom stereocenters. The second-order valence-corrected chi connectivity index (χ2v) is 5.87. The molecule has 0 saturated carbocycles. The minimum absolute atomic E-state index is 0.0193. The van der Waals surface area contributed by atoms with Gasteiger partial charge >= 0.3 is 0 Å². The lowest BCUT2D eigenvalue weighted by atomic mass is 9.83. The summed E-state index contributed by atoms with van der Waals surface area (Å²) in [5.74, 6) is 0. The number of fused-ring (bicyclic) bond motifs is 1. The zero-order valence-electron chi connectivity index (χ0n) is 11.9. The Kier molecular flexibility index (Phi) is 3.50. The van der Waals surface area contributed by atoms with Gasteiger partial charge in [-0.3, -0.25) is 10.1 Å². The van der Waals surface area contributed by atoms with Gasteiger partial charge in [0.2, 0.25) is 0 Å². The number of anilines is 1. The molecule has 0 radical (unpaired) electrons. The van der Waals surface area contributed by atoms with Crippen molar-refractivity contribution in [1.29, 1.82) is 0 Å². The van der Waals surface area contributed by atoms with Gasteiger partial charge in [-0.15, -0.1) is 0 Å². The van der Waals surface area contributed by atoms with Gasteiger partial charge in [-0.2, -0.15) is 4.98 Å². The molecule has 0 spiro atoms. The number of non-ortho nitro benzene ring substituents is 1. The minimum Gasteiger partial charge on any atom is -0.424 e. The van der Waals surface area contributed by atoms with Gasteiger partial charge < -0.3 is 15.1 Å².